The van der Waals surface area contributed by atoms with Gasteiger partial charge in [-0.1, -0.05) is 0 Å². The molecule has 30 heavy (non-hydrogen) atoms. The smallest absolute Gasteiger partial charge is 0.378 e. The largest absolute Gasteiger partial charge is 0.421 e. The van der Waals surface area contributed by atoms with Crippen LogP contribution in [0.15, 0.2) is 12.4 Å². The second kappa shape index (κ2) is 7.99. The monoisotopic (exact) mass is 429 g/mol. The van der Waals surface area contributed by atoms with E-state index in [0.717, 1.165) is 12.7 Å². The number of piperidine rings is 1. The van der Waals surface area contributed by atoms with Gasteiger partial charge in [0.1, 0.15) is 17.6 Å². The summed E-state index contributed by atoms with van der Waals surface area (Å²) in [4.78, 5) is 9.76. The minimum atomic E-state index is -4.56. The van der Waals surface area contributed by atoms with Crippen LogP contribution in [-0.4, -0.2) is 70.2 Å². The van der Waals surface area contributed by atoms with Crippen molar-refractivity contribution >= 4 is 17.5 Å². The third-order valence-electron chi connectivity index (χ3n) is 5.51. The van der Waals surface area contributed by atoms with Gasteiger partial charge in [0.2, 0.25) is 5.95 Å². The number of hydrogen-bond donors (Lipinski definition) is 2. The Morgan fingerprint density at radius 3 is 2.63 bits per heavy atom. The SMILES string of the molecule is CNc1nc(Nc2cn(C3CCN(C4COC4)CC3F)nc2C)ncc1C(F)(F)F. The standard InChI is InChI=1S/C18H23F4N7O/c1-10-14(25-17-24-5-12(18(20,21)22)16(23-2)26-17)7-29(27-10)15-3-4-28(6-13(15)19)11-8-30-9-11/h5,7,11,13,15H,3-4,6,8-9H2,1-2H3,(H2,23,24,25,26). The second-order valence-corrected chi connectivity index (χ2v) is 7.50. The van der Waals surface area contributed by atoms with Gasteiger partial charge in [0, 0.05) is 32.5 Å². The van der Waals surface area contributed by atoms with E-state index in [1.54, 1.807) is 17.8 Å². The summed E-state index contributed by atoms with van der Waals surface area (Å²) in [6.07, 6.45) is -2.66. The van der Waals surface area contributed by atoms with Crippen molar-refractivity contribution in [3.8, 4) is 0 Å². The Morgan fingerprint density at radius 1 is 1.27 bits per heavy atom. The van der Waals surface area contributed by atoms with E-state index in [4.69, 9.17) is 4.74 Å². The molecular weight excluding hydrogens is 406 g/mol. The lowest BCUT2D eigenvalue weighted by molar-refractivity contribution is -0.137. The summed E-state index contributed by atoms with van der Waals surface area (Å²) in [5.74, 6) is -0.340. The Bertz CT molecular complexity index is 899. The highest BCUT2D eigenvalue weighted by Crippen LogP contribution is 2.34. The highest BCUT2D eigenvalue weighted by molar-refractivity contribution is 5.57. The average Bonchev–Trinajstić information content (AvgIpc) is 2.99. The molecule has 0 aromatic carbocycles. The molecule has 2 aliphatic rings. The first-order valence-electron chi connectivity index (χ1n) is 9.67. The van der Waals surface area contributed by atoms with Crippen LogP contribution in [-0.2, 0) is 10.9 Å². The van der Waals surface area contributed by atoms with Crippen molar-refractivity contribution in [1.82, 2.24) is 24.6 Å². The zero-order valence-corrected chi connectivity index (χ0v) is 16.6. The summed E-state index contributed by atoms with van der Waals surface area (Å²) in [5.41, 5.74) is 0.136. The van der Waals surface area contributed by atoms with Crippen LogP contribution in [0.25, 0.3) is 0 Å². The van der Waals surface area contributed by atoms with Gasteiger partial charge < -0.3 is 15.4 Å². The molecule has 4 rings (SSSR count). The van der Waals surface area contributed by atoms with Gasteiger partial charge >= 0.3 is 6.18 Å². The molecular formula is C18H23F4N7O. The van der Waals surface area contributed by atoms with E-state index in [0.29, 0.717) is 43.6 Å². The third kappa shape index (κ3) is 4.06. The van der Waals surface area contributed by atoms with Crippen LogP contribution < -0.4 is 10.6 Å². The quantitative estimate of drug-likeness (QED) is 0.708. The average molecular weight is 429 g/mol. The van der Waals surface area contributed by atoms with Crippen molar-refractivity contribution in [3.05, 3.63) is 23.7 Å². The van der Waals surface area contributed by atoms with E-state index in [1.807, 2.05) is 0 Å². The molecule has 2 aromatic rings. The van der Waals surface area contributed by atoms with Crippen molar-refractivity contribution in [2.24, 2.45) is 0 Å². The highest BCUT2D eigenvalue weighted by Gasteiger charge is 2.37. The molecule has 0 radical (unpaired) electrons. The number of anilines is 3. The number of halogens is 4. The second-order valence-electron chi connectivity index (χ2n) is 7.50. The van der Waals surface area contributed by atoms with Crippen LogP contribution in [0.2, 0.25) is 0 Å². The van der Waals surface area contributed by atoms with Crippen molar-refractivity contribution in [2.75, 3.05) is 44.0 Å². The van der Waals surface area contributed by atoms with Gasteiger partial charge in [-0.2, -0.15) is 23.3 Å². The predicted molar refractivity (Wildman–Crippen MR) is 102 cm³/mol. The molecule has 0 amide bonds. The van der Waals surface area contributed by atoms with Crippen LogP contribution in [0.5, 0.6) is 0 Å². The number of likely N-dealkylation sites (tertiary alicyclic amines) is 1. The first-order valence-corrected chi connectivity index (χ1v) is 9.67. The molecule has 2 aromatic heterocycles. The first-order chi connectivity index (χ1) is 14.3. The molecule has 0 aliphatic carbocycles. The fourth-order valence-electron chi connectivity index (χ4n) is 3.71. The number of ether oxygens (including phenoxy) is 1. The summed E-state index contributed by atoms with van der Waals surface area (Å²) in [5, 5.41) is 9.72. The Hall–Kier alpha value is -2.47. The molecule has 0 saturated carbocycles. The normalized spacial score (nSPS) is 23.3. The fourth-order valence-corrected chi connectivity index (χ4v) is 3.71. The van der Waals surface area contributed by atoms with Crippen LogP contribution in [0.4, 0.5) is 35.0 Å². The van der Waals surface area contributed by atoms with Gasteiger partial charge in [0.05, 0.1) is 36.7 Å². The lowest BCUT2D eigenvalue weighted by Crippen LogP contribution is -2.55. The van der Waals surface area contributed by atoms with Crippen LogP contribution >= 0.6 is 0 Å². The molecule has 0 bridgehead atoms. The minimum Gasteiger partial charge on any atom is -0.378 e. The topological polar surface area (TPSA) is 80.1 Å². The lowest BCUT2D eigenvalue weighted by Gasteiger charge is -2.42. The minimum absolute atomic E-state index is 0.00778. The molecule has 2 N–H and O–H groups in total. The predicted octanol–water partition coefficient (Wildman–Crippen LogP) is 2.77. The van der Waals surface area contributed by atoms with E-state index in [2.05, 4.69) is 30.6 Å². The number of nitrogens with one attached hydrogen (secondary N) is 2. The highest BCUT2D eigenvalue weighted by atomic mass is 19.4. The van der Waals surface area contributed by atoms with Crippen molar-refractivity contribution < 1.29 is 22.3 Å². The van der Waals surface area contributed by atoms with Crippen LogP contribution in [0.3, 0.4) is 0 Å². The molecule has 164 valence electrons. The summed E-state index contributed by atoms with van der Waals surface area (Å²) >= 11 is 0. The third-order valence-corrected chi connectivity index (χ3v) is 5.51. The van der Waals surface area contributed by atoms with E-state index >= 15 is 0 Å². The van der Waals surface area contributed by atoms with E-state index in [9.17, 15) is 17.6 Å². The van der Waals surface area contributed by atoms with Gasteiger partial charge in [-0.05, 0) is 13.3 Å². The van der Waals surface area contributed by atoms with Crippen LogP contribution in [0.1, 0.15) is 23.7 Å². The number of rotatable bonds is 5. The maximum Gasteiger partial charge on any atom is 0.421 e. The van der Waals surface area contributed by atoms with E-state index < -0.39 is 24.0 Å². The first kappa shape index (κ1) is 20.8. The zero-order valence-electron chi connectivity index (χ0n) is 16.6. The van der Waals surface area contributed by atoms with Crippen molar-refractivity contribution in [1.29, 1.82) is 0 Å². The summed E-state index contributed by atoms with van der Waals surface area (Å²) in [7, 11) is 1.36. The Kier molecular flexibility index (Phi) is 5.53. The molecule has 2 unspecified atom stereocenters. The molecule has 2 saturated heterocycles. The summed E-state index contributed by atoms with van der Waals surface area (Å²) < 4.78 is 60.6. The van der Waals surface area contributed by atoms with Gasteiger partial charge in [-0.25, -0.2) is 9.37 Å². The number of aromatic nitrogens is 4. The molecule has 2 atom stereocenters. The molecule has 4 heterocycles. The van der Waals surface area contributed by atoms with Crippen LogP contribution in [0, 0.1) is 6.92 Å². The molecule has 2 aliphatic heterocycles. The van der Waals surface area contributed by atoms with Crippen molar-refractivity contribution in [2.45, 2.75) is 37.8 Å². The number of aryl methyl sites for hydroxylation is 1. The zero-order chi connectivity index (χ0) is 21.5. The number of alkyl halides is 4. The molecule has 2 fully saturated rings. The van der Waals surface area contributed by atoms with Gasteiger partial charge in [-0.3, -0.25) is 9.58 Å². The molecule has 12 heteroatoms. The van der Waals surface area contributed by atoms with Gasteiger partial charge in [0.15, 0.2) is 0 Å². The summed E-state index contributed by atoms with van der Waals surface area (Å²) in [6, 6.07) is -0.114. The summed E-state index contributed by atoms with van der Waals surface area (Å²) in [6.45, 7) is 4.11. The van der Waals surface area contributed by atoms with Crippen molar-refractivity contribution in [3.63, 3.8) is 0 Å². The van der Waals surface area contributed by atoms with Gasteiger partial charge in [0.25, 0.3) is 0 Å². The molecule has 8 nitrogen and oxygen atoms in total. The maximum absolute atomic E-state index is 14.8. The Morgan fingerprint density at radius 2 is 2.03 bits per heavy atom. The van der Waals surface area contributed by atoms with E-state index in [1.165, 1.54) is 7.05 Å². The lowest BCUT2D eigenvalue weighted by atomic mass is 10.0. The Balaban J connectivity index is 1.48. The maximum atomic E-state index is 14.8. The fraction of sp³-hybridized carbons (Fsp3) is 0.611. The van der Waals surface area contributed by atoms with Gasteiger partial charge in [-0.15, -0.1) is 0 Å². The van der Waals surface area contributed by atoms with E-state index in [-0.39, 0.29) is 11.8 Å². The Labute approximate surface area is 170 Å². The number of hydrogen-bond acceptors (Lipinski definition) is 7. The molecule has 0 spiro atoms. The number of nitrogens with zero attached hydrogens (tertiary/aromatic N) is 5.